The number of nitrogens with one attached hydrogen (secondary N) is 1. The van der Waals surface area contributed by atoms with Crippen LogP contribution in [-0.2, 0) is 15.1 Å². The largest absolute Gasteiger partial charge is 0.381 e. The van der Waals surface area contributed by atoms with Crippen molar-refractivity contribution in [2.45, 2.75) is 37.8 Å². The van der Waals surface area contributed by atoms with E-state index in [9.17, 15) is 10.1 Å². The molecule has 0 spiro atoms. The summed E-state index contributed by atoms with van der Waals surface area (Å²) in [6.07, 6.45) is 1.62. The van der Waals surface area contributed by atoms with Crippen molar-refractivity contribution in [1.82, 2.24) is 10.2 Å². The Labute approximate surface area is 152 Å². The first kappa shape index (κ1) is 18.9. The molecule has 1 heterocycles. The van der Waals surface area contributed by atoms with E-state index in [1.807, 2.05) is 12.1 Å². The van der Waals surface area contributed by atoms with Crippen LogP contribution < -0.4 is 5.32 Å². The minimum absolute atomic E-state index is 0.0950. The van der Waals surface area contributed by atoms with Crippen LogP contribution in [0.15, 0.2) is 28.7 Å². The summed E-state index contributed by atoms with van der Waals surface area (Å²) in [5.74, 6) is -0.0950. The van der Waals surface area contributed by atoms with Crippen molar-refractivity contribution in [3.8, 4) is 6.07 Å². The van der Waals surface area contributed by atoms with Crippen LogP contribution in [0.1, 0.15) is 32.3 Å². The monoisotopic (exact) mass is 393 g/mol. The third-order valence-corrected chi connectivity index (χ3v) is 5.28. The molecule has 1 aliphatic heterocycles. The molecule has 0 atom stereocenters. The van der Waals surface area contributed by atoms with Crippen LogP contribution in [-0.4, -0.2) is 43.2 Å². The number of carbonyl (C=O) groups excluding carboxylic acids is 1. The summed E-state index contributed by atoms with van der Waals surface area (Å²) in [5, 5.41) is 12.7. The summed E-state index contributed by atoms with van der Waals surface area (Å²) in [4.78, 5) is 14.0. The predicted molar refractivity (Wildman–Crippen MR) is 96.3 cm³/mol. The summed E-state index contributed by atoms with van der Waals surface area (Å²) < 4.78 is 6.53. The van der Waals surface area contributed by atoms with Gasteiger partial charge in [0, 0.05) is 30.3 Å². The standard InChI is InChI=1S/C18H24BrN3O2/c1-17(2,13-20)22(3)16(23)12-21-18(7-9-24-10-8-18)14-5-4-6-15(19)11-14/h4-6,11,21H,7-10,12H2,1-3H3. The zero-order chi connectivity index (χ0) is 17.8. The van der Waals surface area contributed by atoms with Crippen molar-refractivity contribution in [2.24, 2.45) is 0 Å². The van der Waals surface area contributed by atoms with Crippen molar-refractivity contribution in [2.75, 3.05) is 26.8 Å². The normalized spacial score (nSPS) is 17.1. The average Bonchev–Trinajstić information content (AvgIpc) is 2.59. The first-order valence-electron chi connectivity index (χ1n) is 8.07. The molecule has 24 heavy (non-hydrogen) atoms. The fraction of sp³-hybridized carbons (Fsp3) is 0.556. The topological polar surface area (TPSA) is 65.4 Å². The zero-order valence-corrected chi connectivity index (χ0v) is 16.0. The number of nitriles is 1. The molecule has 0 bridgehead atoms. The molecule has 0 aliphatic carbocycles. The molecular formula is C18H24BrN3O2. The molecule has 1 aromatic carbocycles. The fourth-order valence-electron chi connectivity index (χ4n) is 2.82. The van der Waals surface area contributed by atoms with Crippen LogP contribution in [0.3, 0.4) is 0 Å². The van der Waals surface area contributed by atoms with Gasteiger partial charge < -0.3 is 9.64 Å². The number of amides is 1. The Morgan fingerprint density at radius 2 is 2.12 bits per heavy atom. The highest BCUT2D eigenvalue weighted by Crippen LogP contribution is 2.33. The first-order chi connectivity index (χ1) is 11.3. The van der Waals surface area contributed by atoms with Crippen molar-refractivity contribution in [1.29, 1.82) is 5.26 Å². The van der Waals surface area contributed by atoms with Crippen LogP contribution in [0.2, 0.25) is 0 Å². The molecule has 1 aliphatic rings. The fourth-order valence-corrected chi connectivity index (χ4v) is 3.22. The van der Waals surface area contributed by atoms with E-state index in [0.29, 0.717) is 13.2 Å². The Morgan fingerprint density at radius 1 is 1.46 bits per heavy atom. The van der Waals surface area contributed by atoms with Gasteiger partial charge in [-0.25, -0.2) is 0 Å². The SMILES string of the molecule is CN(C(=O)CNC1(c2cccc(Br)c2)CCOCC1)C(C)(C)C#N. The maximum Gasteiger partial charge on any atom is 0.237 e. The lowest BCUT2D eigenvalue weighted by Crippen LogP contribution is -2.53. The lowest BCUT2D eigenvalue weighted by atomic mass is 9.82. The predicted octanol–water partition coefficient (Wildman–Crippen LogP) is 2.80. The lowest BCUT2D eigenvalue weighted by molar-refractivity contribution is -0.132. The molecule has 1 N–H and O–H groups in total. The number of likely N-dealkylation sites (N-methyl/N-ethyl adjacent to an activating group) is 1. The molecule has 1 saturated heterocycles. The number of hydrogen-bond acceptors (Lipinski definition) is 4. The third-order valence-electron chi connectivity index (χ3n) is 4.79. The molecule has 2 rings (SSSR count). The number of ether oxygens (including phenoxy) is 1. The van der Waals surface area contributed by atoms with Crippen LogP contribution >= 0.6 is 15.9 Å². The van der Waals surface area contributed by atoms with Gasteiger partial charge in [-0.2, -0.15) is 5.26 Å². The van der Waals surface area contributed by atoms with Crippen LogP contribution in [0.25, 0.3) is 0 Å². The molecular weight excluding hydrogens is 370 g/mol. The van der Waals surface area contributed by atoms with Crippen molar-refractivity contribution in [3.05, 3.63) is 34.3 Å². The van der Waals surface area contributed by atoms with E-state index in [0.717, 1.165) is 22.9 Å². The molecule has 1 aromatic rings. The van der Waals surface area contributed by atoms with Gasteiger partial charge in [0.1, 0.15) is 5.54 Å². The maximum atomic E-state index is 12.5. The molecule has 0 unspecified atom stereocenters. The molecule has 5 nitrogen and oxygen atoms in total. The molecule has 6 heteroatoms. The Balaban J connectivity index is 2.16. The molecule has 130 valence electrons. The second-order valence-electron chi connectivity index (χ2n) is 6.68. The minimum atomic E-state index is -0.822. The van der Waals surface area contributed by atoms with Gasteiger partial charge in [0.2, 0.25) is 5.91 Å². The molecule has 0 radical (unpaired) electrons. The van der Waals surface area contributed by atoms with Crippen LogP contribution in [0.4, 0.5) is 0 Å². The second kappa shape index (κ2) is 7.64. The van der Waals surface area contributed by atoms with Crippen LogP contribution in [0.5, 0.6) is 0 Å². The van der Waals surface area contributed by atoms with E-state index in [4.69, 9.17) is 4.74 Å². The van der Waals surface area contributed by atoms with Crippen LogP contribution in [0, 0.1) is 11.3 Å². The van der Waals surface area contributed by atoms with E-state index in [2.05, 4.69) is 39.4 Å². The van der Waals surface area contributed by atoms with E-state index in [-0.39, 0.29) is 18.0 Å². The zero-order valence-electron chi connectivity index (χ0n) is 14.4. The Morgan fingerprint density at radius 3 is 2.71 bits per heavy atom. The van der Waals surface area contributed by atoms with Gasteiger partial charge in [0.15, 0.2) is 0 Å². The lowest BCUT2D eigenvalue weighted by Gasteiger charge is -2.39. The van der Waals surface area contributed by atoms with Gasteiger partial charge in [-0.05, 0) is 44.4 Å². The summed E-state index contributed by atoms with van der Waals surface area (Å²) in [7, 11) is 1.67. The molecule has 0 saturated carbocycles. The minimum Gasteiger partial charge on any atom is -0.381 e. The summed E-state index contributed by atoms with van der Waals surface area (Å²) in [6.45, 7) is 4.99. The molecule has 1 fully saturated rings. The highest BCUT2D eigenvalue weighted by molar-refractivity contribution is 9.10. The van der Waals surface area contributed by atoms with E-state index < -0.39 is 5.54 Å². The number of benzene rings is 1. The summed E-state index contributed by atoms with van der Waals surface area (Å²) in [6, 6.07) is 10.3. The average molecular weight is 394 g/mol. The highest BCUT2D eigenvalue weighted by Gasteiger charge is 2.36. The van der Waals surface area contributed by atoms with Crippen molar-refractivity contribution < 1.29 is 9.53 Å². The second-order valence-corrected chi connectivity index (χ2v) is 7.60. The smallest absolute Gasteiger partial charge is 0.237 e. The Bertz CT molecular complexity index is 633. The molecule has 0 aromatic heterocycles. The Kier molecular flexibility index (Phi) is 6.02. The van der Waals surface area contributed by atoms with Gasteiger partial charge in [-0.3, -0.25) is 10.1 Å². The van der Waals surface area contributed by atoms with Gasteiger partial charge in [-0.1, -0.05) is 28.1 Å². The van der Waals surface area contributed by atoms with Gasteiger partial charge >= 0.3 is 0 Å². The quantitative estimate of drug-likeness (QED) is 0.834. The van der Waals surface area contributed by atoms with Gasteiger partial charge in [0.05, 0.1) is 12.6 Å². The van der Waals surface area contributed by atoms with Gasteiger partial charge in [-0.15, -0.1) is 0 Å². The van der Waals surface area contributed by atoms with E-state index in [1.165, 1.54) is 4.90 Å². The molecule has 1 amide bonds. The van der Waals surface area contributed by atoms with E-state index in [1.54, 1.807) is 20.9 Å². The number of nitrogens with zero attached hydrogens (tertiary/aromatic N) is 2. The first-order valence-corrected chi connectivity index (χ1v) is 8.87. The third kappa shape index (κ3) is 4.15. The van der Waals surface area contributed by atoms with Gasteiger partial charge in [0.25, 0.3) is 0 Å². The summed E-state index contributed by atoms with van der Waals surface area (Å²) in [5.41, 5.74) is 0.0438. The number of carbonyl (C=O) groups is 1. The summed E-state index contributed by atoms with van der Waals surface area (Å²) >= 11 is 3.52. The number of halogens is 1. The van der Waals surface area contributed by atoms with Crippen molar-refractivity contribution >= 4 is 21.8 Å². The highest BCUT2D eigenvalue weighted by atomic mass is 79.9. The maximum absolute atomic E-state index is 12.5. The number of rotatable bonds is 5. The van der Waals surface area contributed by atoms with Crippen molar-refractivity contribution in [3.63, 3.8) is 0 Å². The van der Waals surface area contributed by atoms with E-state index >= 15 is 0 Å². The Hall–Kier alpha value is -1.42. The number of hydrogen-bond donors (Lipinski definition) is 1.